The smallest absolute Gasteiger partial charge is 0.393 e. The van der Waals surface area contributed by atoms with E-state index in [9.17, 15) is 22.8 Å². The number of halogens is 3. The molecule has 4 rings (SSSR count). The van der Waals surface area contributed by atoms with Crippen molar-refractivity contribution in [3.63, 3.8) is 0 Å². The molecular weight excluding hydrogens is 598 g/mol. The molecule has 0 amide bonds. The first-order valence-corrected chi connectivity index (χ1v) is 17.6. The molecule has 2 heterocycles. The lowest BCUT2D eigenvalue weighted by molar-refractivity contribution is -0.126. The van der Waals surface area contributed by atoms with Crippen LogP contribution in [0.3, 0.4) is 0 Å². The van der Waals surface area contributed by atoms with Crippen molar-refractivity contribution in [2.45, 2.75) is 31.5 Å². The molecule has 234 valence electrons. The lowest BCUT2D eigenvalue weighted by atomic mass is 10.0. The van der Waals surface area contributed by atoms with E-state index >= 15 is 0 Å². The van der Waals surface area contributed by atoms with E-state index in [1.807, 2.05) is 6.07 Å². The summed E-state index contributed by atoms with van der Waals surface area (Å²) in [6.45, 7) is 6.82. The zero-order valence-corrected chi connectivity index (χ0v) is 26.4. The summed E-state index contributed by atoms with van der Waals surface area (Å²) < 4.78 is 65.1. The minimum Gasteiger partial charge on any atom is -0.489 e. The van der Waals surface area contributed by atoms with Gasteiger partial charge in [0.2, 0.25) is 0 Å². The Morgan fingerprint density at radius 2 is 1.91 bits per heavy atom. The molecule has 1 aliphatic rings. The number of alkyl halides is 3. The monoisotopic (exact) mass is 637 g/mol. The predicted octanol–water partition coefficient (Wildman–Crippen LogP) is 5.61. The van der Waals surface area contributed by atoms with Crippen molar-refractivity contribution in [2.75, 3.05) is 77.1 Å². The number of piperidine rings is 1. The molecular formula is C31H39F3N3O4PS. The SMILES string of the molecule is COCCN1CCC(Nc2cccc3c(CC(F)(F)F)c(C#CCNc4ccc(P(C)(C)=O)cc4OCCO)sc23)CC1. The van der Waals surface area contributed by atoms with Gasteiger partial charge < -0.3 is 34.7 Å². The molecule has 1 saturated heterocycles. The number of anilines is 2. The summed E-state index contributed by atoms with van der Waals surface area (Å²) in [5.41, 5.74) is 1.62. The van der Waals surface area contributed by atoms with Gasteiger partial charge in [-0.3, -0.25) is 0 Å². The fraction of sp³-hybridized carbons (Fsp3) is 0.484. The molecule has 1 aliphatic heterocycles. The molecule has 7 nitrogen and oxygen atoms in total. The summed E-state index contributed by atoms with van der Waals surface area (Å²) >= 11 is 1.28. The molecule has 1 aromatic heterocycles. The van der Waals surface area contributed by atoms with Crippen molar-refractivity contribution in [1.82, 2.24) is 4.90 Å². The summed E-state index contributed by atoms with van der Waals surface area (Å²) in [5, 5.41) is 17.1. The lowest BCUT2D eigenvalue weighted by Gasteiger charge is -2.32. The standard InChI is InChI=1S/C31H39F3N3O4PS/c1-40-18-16-37-14-11-22(12-15-37)36-27-7-4-6-24-25(21-31(32,33)34)29(43-30(24)27)8-5-13-35-26-10-9-23(42(2,3)39)20-28(26)41-19-17-38/h4,6-7,9-10,20,22,35-36,38H,11-19,21H2,1-3H3. The highest BCUT2D eigenvalue weighted by molar-refractivity contribution is 7.70. The number of hydrogen-bond acceptors (Lipinski definition) is 8. The van der Waals surface area contributed by atoms with Gasteiger partial charge in [-0.05, 0) is 61.4 Å². The zero-order valence-electron chi connectivity index (χ0n) is 24.7. The molecule has 0 atom stereocenters. The van der Waals surface area contributed by atoms with Gasteiger partial charge in [0.25, 0.3) is 0 Å². The molecule has 43 heavy (non-hydrogen) atoms. The number of ether oxygens (including phenoxy) is 2. The van der Waals surface area contributed by atoms with Gasteiger partial charge >= 0.3 is 6.18 Å². The Balaban J connectivity index is 1.54. The second kappa shape index (κ2) is 14.8. The Hall–Kier alpha value is -2.74. The van der Waals surface area contributed by atoms with Crippen LogP contribution in [0.4, 0.5) is 24.5 Å². The maximum Gasteiger partial charge on any atom is 0.393 e. The van der Waals surface area contributed by atoms with Crippen LogP contribution in [-0.2, 0) is 15.7 Å². The molecule has 0 unspecified atom stereocenters. The Bertz CT molecular complexity index is 1490. The number of benzene rings is 2. The number of rotatable bonds is 12. The minimum atomic E-state index is -4.38. The van der Waals surface area contributed by atoms with Crippen LogP contribution in [0.15, 0.2) is 36.4 Å². The zero-order chi connectivity index (χ0) is 31.0. The first kappa shape index (κ1) is 33.2. The van der Waals surface area contributed by atoms with E-state index in [4.69, 9.17) is 9.47 Å². The third-order valence-corrected chi connectivity index (χ3v) is 9.98. The van der Waals surface area contributed by atoms with E-state index in [-0.39, 0.29) is 31.4 Å². The number of nitrogens with one attached hydrogen (secondary N) is 2. The molecule has 2 aromatic carbocycles. The number of aliphatic hydroxyl groups is 1. The fourth-order valence-corrected chi connectivity index (χ4v) is 7.07. The lowest BCUT2D eigenvalue weighted by Crippen LogP contribution is -2.40. The normalized spacial score (nSPS) is 14.9. The van der Waals surface area contributed by atoms with Crippen LogP contribution >= 0.6 is 18.5 Å². The number of aliphatic hydroxyl groups excluding tert-OH is 1. The van der Waals surface area contributed by atoms with Crippen LogP contribution < -0.4 is 20.7 Å². The topological polar surface area (TPSA) is 83.1 Å². The number of hydrogen-bond donors (Lipinski definition) is 3. The molecule has 1 fully saturated rings. The van der Waals surface area contributed by atoms with Crippen LogP contribution in [0, 0.1) is 11.8 Å². The highest BCUT2D eigenvalue weighted by atomic mass is 32.1. The predicted molar refractivity (Wildman–Crippen MR) is 170 cm³/mol. The molecule has 0 saturated carbocycles. The first-order valence-electron chi connectivity index (χ1n) is 14.2. The van der Waals surface area contributed by atoms with Crippen LogP contribution in [-0.4, -0.2) is 88.7 Å². The van der Waals surface area contributed by atoms with E-state index in [1.54, 1.807) is 50.8 Å². The second-order valence-corrected chi connectivity index (χ2v) is 15.1. The van der Waals surface area contributed by atoms with Crippen molar-refractivity contribution in [1.29, 1.82) is 0 Å². The van der Waals surface area contributed by atoms with Crippen LogP contribution in [0.25, 0.3) is 10.1 Å². The van der Waals surface area contributed by atoms with Crippen LogP contribution in [0.2, 0.25) is 0 Å². The van der Waals surface area contributed by atoms with Gasteiger partial charge in [0.1, 0.15) is 19.5 Å². The summed E-state index contributed by atoms with van der Waals surface area (Å²) in [5.74, 6) is 6.39. The Labute approximate surface area is 255 Å². The maximum absolute atomic E-state index is 13.7. The Morgan fingerprint density at radius 3 is 2.58 bits per heavy atom. The van der Waals surface area contributed by atoms with Crippen molar-refractivity contribution >= 4 is 45.2 Å². The number of likely N-dealkylation sites (tertiary alicyclic amines) is 1. The first-order chi connectivity index (χ1) is 20.5. The van der Waals surface area contributed by atoms with Gasteiger partial charge in [-0.1, -0.05) is 24.0 Å². The van der Waals surface area contributed by atoms with E-state index in [1.165, 1.54) is 11.3 Å². The van der Waals surface area contributed by atoms with Gasteiger partial charge in [-0.15, -0.1) is 11.3 Å². The highest BCUT2D eigenvalue weighted by Gasteiger charge is 2.31. The van der Waals surface area contributed by atoms with Gasteiger partial charge in [-0.25, -0.2) is 0 Å². The van der Waals surface area contributed by atoms with Crippen LogP contribution in [0.1, 0.15) is 23.3 Å². The number of nitrogens with zero attached hydrogens (tertiary/aromatic N) is 1. The molecule has 0 radical (unpaired) electrons. The van der Waals surface area contributed by atoms with Gasteiger partial charge in [0.05, 0.1) is 47.1 Å². The van der Waals surface area contributed by atoms with Gasteiger partial charge in [0.15, 0.2) is 0 Å². The largest absolute Gasteiger partial charge is 0.489 e. The summed E-state index contributed by atoms with van der Waals surface area (Å²) in [4.78, 5) is 2.75. The number of thiophene rings is 1. The molecule has 3 aromatic rings. The molecule has 12 heteroatoms. The highest BCUT2D eigenvalue weighted by Crippen LogP contribution is 2.40. The third-order valence-electron chi connectivity index (χ3n) is 7.26. The second-order valence-electron chi connectivity index (χ2n) is 10.9. The fourth-order valence-electron chi connectivity index (χ4n) is 5.03. The average molecular weight is 638 g/mol. The maximum atomic E-state index is 13.7. The molecule has 0 aliphatic carbocycles. The number of methoxy groups -OCH3 is 1. The van der Waals surface area contributed by atoms with Crippen molar-refractivity contribution in [2.24, 2.45) is 0 Å². The van der Waals surface area contributed by atoms with Crippen molar-refractivity contribution < 1.29 is 32.3 Å². The Morgan fingerprint density at radius 1 is 1.14 bits per heavy atom. The van der Waals surface area contributed by atoms with E-state index in [0.717, 1.165) is 42.9 Å². The van der Waals surface area contributed by atoms with E-state index in [2.05, 4.69) is 27.4 Å². The Kier molecular flexibility index (Phi) is 11.4. The van der Waals surface area contributed by atoms with E-state index < -0.39 is 19.7 Å². The molecule has 3 N–H and O–H groups in total. The summed E-state index contributed by atoms with van der Waals surface area (Å²) in [6.07, 6.45) is -3.54. The van der Waals surface area contributed by atoms with Gasteiger partial charge in [-0.2, -0.15) is 13.2 Å². The molecule has 0 bridgehead atoms. The van der Waals surface area contributed by atoms with Crippen molar-refractivity contribution in [3.8, 4) is 17.6 Å². The summed E-state index contributed by atoms with van der Waals surface area (Å²) in [7, 11) is -0.835. The quantitative estimate of drug-likeness (QED) is 0.176. The van der Waals surface area contributed by atoms with Gasteiger partial charge in [0, 0.05) is 38.1 Å². The van der Waals surface area contributed by atoms with Crippen LogP contribution in [0.5, 0.6) is 5.75 Å². The number of fused-ring (bicyclic) bond motifs is 1. The minimum absolute atomic E-state index is 0.0629. The van der Waals surface area contributed by atoms with Crippen molar-refractivity contribution in [3.05, 3.63) is 46.8 Å². The third kappa shape index (κ3) is 9.37. The average Bonchev–Trinajstić information content (AvgIpc) is 3.30. The van der Waals surface area contributed by atoms with E-state index in [0.29, 0.717) is 33.6 Å². The summed E-state index contributed by atoms with van der Waals surface area (Å²) in [6, 6.07) is 10.9. The molecule has 0 spiro atoms.